The van der Waals surface area contributed by atoms with Crippen LogP contribution in [0.5, 0.6) is 0 Å². The Bertz CT molecular complexity index is 1080. The first kappa shape index (κ1) is 23.2. The number of carbonyl (C=O) groups is 3. The van der Waals surface area contributed by atoms with Gasteiger partial charge in [0, 0.05) is 38.1 Å². The molecule has 0 aliphatic carbocycles. The van der Waals surface area contributed by atoms with E-state index < -0.39 is 21.8 Å². The van der Waals surface area contributed by atoms with Crippen LogP contribution in [-0.2, 0) is 14.8 Å². The molecule has 2 amide bonds. The summed E-state index contributed by atoms with van der Waals surface area (Å²) in [6, 6.07) is 10.8. The van der Waals surface area contributed by atoms with E-state index >= 15 is 0 Å². The van der Waals surface area contributed by atoms with Crippen molar-refractivity contribution in [3.8, 4) is 0 Å². The Morgan fingerprint density at radius 2 is 1.57 bits per heavy atom. The van der Waals surface area contributed by atoms with Crippen LogP contribution in [0.4, 0.5) is 0 Å². The zero-order valence-corrected chi connectivity index (χ0v) is 18.2. The highest BCUT2D eigenvalue weighted by Crippen LogP contribution is 2.15. The number of sulfonamides is 1. The van der Waals surface area contributed by atoms with Crippen LogP contribution in [0.25, 0.3) is 0 Å². The Morgan fingerprint density at radius 1 is 0.867 bits per heavy atom. The fraction of sp³-hybridized carbons (Fsp3) is 0.286. The third kappa shape index (κ3) is 5.74. The predicted molar refractivity (Wildman–Crippen MR) is 112 cm³/mol. The number of aryl methyl sites for hydroxylation is 2. The molecule has 30 heavy (non-hydrogen) atoms. The van der Waals surface area contributed by atoms with Crippen LogP contribution >= 0.6 is 0 Å². The summed E-state index contributed by atoms with van der Waals surface area (Å²) in [6.07, 6.45) is -0.0954. The van der Waals surface area contributed by atoms with Crippen molar-refractivity contribution in [2.45, 2.75) is 31.6 Å². The molecule has 0 bridgehead atoms. The van der Waals surface area contributed by atoms with Crippen molar-refractivity contribution < 1.29 is 22.8 Å². The van der Waals surface area contributed by atoms with Crippen LogP contribution in [0, 0.1) is 13.8 Å². The summed E-state index contributed by atoms with van der Waals surface area (Å²) < 4.78 is 25.4. The summed E-state index contributed by atoms with van der Waals surface area (Å²) in [4.78, 5) is 36.4. The summed E-state index contributed by atoms with van der Waals surface area (Å²) in [5.74, 6) is -1.36. The van der Waals surface area contributed by atoms with Gasteiger partial charge in [0.1, 0.15) is 0 Å². The molecule has 0 heterocycles. The quantitative estimate of drug-likeness (QED) is 0.514. The number of Topliss-reactive ketones (excluding diaryl/α,β-unsaturated/α-hetero) is 1. The number of nitrogens with zero attached hydrogens (tertiary/aromatic N) is 1. The van der Waals surface area contributed by atoms with Gasteiger partial charge in [0.15, 0.2) is 5.78 Å². The number of nitrogens with one attached hydrogen (secondary N) is 2. The van der Waals surface area contributed by atoms with Crippen LogP contribution in [-0.4, -0.2) is 44.4 Å². The van der Waals surface area contributed by atoms with Gasteiger partial charge in [-0.25, -0.2) is 12.7 Å². The fourth-order valence-electron chi connectivity index (χ4n) is 2.56. The molecule has 0 saturated heterocycles. The molecule has 2 aromatic carbocycles. The van der Waals surface area contributed by atoms with Crippen LogP contribution in [0.2, 0.25) is 0 Å². The second-order valence-corrected chi connectivity index (χ2v) is 9.19. The van der Waals surface area contributed by atoms with Crippen molar-refractivity contribution in [1.29, 1.82) is 0 Å². The number of carbonyl (C=O) groups excluding carboxylic acids is 3. The minimum Gasteiger partial charge on any atom is -0.294 e. The molecular weight excluding hydrogens is 406 g/mol. The zero-order valence-electron chi connectivity index (χ0n) is 17.4. The standard InChI is InChI=1S/C21H25N3O5S/c1-14-8-9-16(12-15(14)2)19(25)10-11-20(26)22-23-21(27)17-6-5-7-18(13-17)30(28,29)24(3)4/h5-9,12-13H,10-11H2,1-4H3,(H,22,26)(H,23,27). The van der Waals surface area contributed by atoms with Gasteiger partial charge in [0.25, 0.3) is 5.91 Å². The molecule has 0 aromatic heterocycles. The predicted octanol–water partition coefficient (Wildman–Crippen LogP) is 1.98. The van der Waals surface area contributed by atoms with E-state index in [4.69, 9.17) is 0 Å². The Morgan fingerprint density at radius 3 is 2.20 bits per heavy atom. The lowest BCUT2D eigenvalue weighted by Crippen LogP contribution is -2.41. The van der Waals surface area contributed by atoms with Crippen LogP contribution < -0.4 is 10.9 Å². The van der Waals surface area contributed by atoms with Crippen molar-refractivity contribution in [2.75, 3.05) is 14.1 Å². The summed E-state index contributed by atoms with van der Waals surface area (Å²) in [6.45, 7) is 3.86. The number of hydrogen-bond acceptors (Lipinski definition) is 5. The molecule has 0 aliphatic rings. The number of hydrogen-bond donors (Lipinski definition) is 2. The molecule has 8 nitrogen and oxygen atoms in total. The molecule has 2 rings (SSSR count). The van der Waals surface area contributed by atoms with Gasteiger partial charge in [-0.1, -0.05) is 18.2 Å². The van der Waals surface area contributed by atoms with Crippen LogP contribution in [0.1, 0.15) is 44.7 Å². The molecule has 0 aliphatic heterocycles. The molecule has 0 atom stereocenters. The molecule has 0 unspecified atom stereocenters. The van der Waals surface area contributed by atoms with Crippen molar-refractivity contribution >= 4 is 27.6 Å². The number of hydrazine groups is 1. The Hall–Kier alpha value is -3.04. The van der Waals surface area contributed by atoms with E-state index in [1.165, 1.54) is 38.4 Å². The topological polar surface area (TPSA) is 113 Å². The van der Waals surface area contributed by atoms with Gasteiger partial charge in [0.05, 0.1) is 4.90 Å². The van der Waals surface area contributed by atoms with Gasteiger partial charge in [-0.05, 0) is 49.2 Å². The maximum atomic E-state index is 12.2. The first-order chi connectivity index (χ1) is 14.0. The zero-order chi connectivity index (χ0) is 22.5. The van der Waals surface area contributed by atoms with Crippen LogP contribution in [0.3, 0.4) is 0 Å². The third-order valence-corrected chi connectivity index (χ3v) is 6.41. The summed E-state index contributed by atoms with van der Waals surface area (Å²) >= 11 is 0. The molecule has 0 spiro atoms. The van der Waals surface area contributed by atoms with E-state index in [-0.39, 0.29) is 29.1 Å². The SMILES string of the molecule is Cc1ccc(C(=O)CCC(=O)NNC(=O)c2cccc(S(=O)(=O)N(C)C)c2)cc1C. The molecule has 2 aromatic rings. The minimum absolute atomic E-state index is 0.000762. The molecule has 0 saturated carbocycles. The molecular formula is C21H25N3O5S. The van der Waals surface area contributed by atoms with Crippen LogP contribution in [0.15, 0.2) is 47.4 Å². The molecule has 160 valence electrons. The number of rotatable bonds is 7. The Labute approximate surface area is 176 Å². The lowest BCUT2D eigenvalue weighted by molar-refractivity contribution is -0.121. The average molecular weight is 432 g/mol. The van der Waals surface area contributed by atoms with Crippen molar-refractivity contribution in [3.63, 3.8) is 0 Å². The van der Waals surface area contributed by atoms with Gasteiger partial charge in [-0.2, -0.15) is 0 Å². The van der Waals surface area contributed by atoms with Gasteiger partial charge >= 0.3 is 0 Å². The van der Waals surface area contributed by atoms with Gasteiger partial charge in [-0.15, -0.1) is 0 Å². The summed E-state index contributed by atoms with van der Waals surface area (Å²) in [5, 5.41) is 0. The maximum absolute atomic E-state index is 12.2. The molecule has 2 N–H and O–H groups in total. The van der Waals surface area contributed by atoms with E-state index in [0.29, 0.717) is 5.56 Å². The minimum atomic E-state index is -3.69. The monoisotopic (exact) mass is 431 g/mol. The highest BCUT2D eigenvalue weighted by atomic mass is 32.2. The second-order valence-electron chi connectivity index (χ2n) is 7.04. The van der Waals surface area contributed by atoms with E-state index in [1.807, 2.05) is 19.9 Å². The van der Waals surface area contributed by atoms with Crippen molar-refractivity contribution in [3.05, 3.63) is 64.7 Å². The normalized spacial score (nSPS) is 11.2. The largest absolute Gasteiger partial charge is 0.294 e. The number of ketones is 1. The Balaban J connectivity index is 1.91. The number of amides is 2. The molecule has 0 radical (unpaired) electrons. The lowest BCUT2D eigenvalue weighted by atomic mass is 10.0. The maximum Gasteiger partial charge on any atom is 0.269 e. The first-order valence-electron chi connectivity index (χ1n) is 9.24. The molecule has 0 fully saturated rings. The highest BCUT2D eigenvalue weighted by molar-refractivity contribution is 7.89. The van der Waals surface area contributed by atoms with E-state index in [0.717, 1.165) is 15.4 Å². The lowest BCUT2D eigenvalue weighted by Gasteiger charge is -2.12. The average Bonchev–Trinajstić information content (AvgIpc) is 2.72. The first-order valence-corrected chi connectivity index (χ1v) is 10.7. The summed E-state index contributed by atoms with van der Waals surface area (Å²) in [7, 11) is -0.905. The highest BCUT2D eigenvalue weighted by Gasteiger charge is 2.19. The van der Waals surface area contributed by atoms with E-state index in [9.17, 15) is 22.8 Å². The molecule has 9 heteroatoms. The van der Waals surface area contributed by atoms with Crippen molar-refractivity contribution in [1.82, 2.24) is 15.2 Å². The second kappa shape index (κ2) is 9.64. The van der Waals surface area contributed by atoms with Gasteiger partial charge < -0.3 is 0 Å². The van der Waals surface area contributed by atoms with Gasteiger partial charge in [-0.3, -0.25) is 25.2 Å². The number of benzene rings is 2. The Kier molecular flexibility index (Phi) is 7.47. The summed E-state index contributed by atoms with van der Waals surface area (Å²) in [5.41, 5.74) is 7.15. The smallest absolute Gasteiger partial charge is 0.269 e. The fourth-order valence-corrected chi connectivity index (χ4v) is 3.50. The van der Waals surface area contributed by atoms with E-state index in [2.05, 4.69) is 10.9 Å². The van der Waals surface area contributed by atoms with Crippen molar-refractivity contribution in [2.24, 2.45) is 0 Å². The van der Waals surface area contributed by atoms with Gasteiger partial charge in [0.2, 0.25) is 15.9 Å². The van der Waals surface area contributed by atoms with E-state index in [1.54, 1.807) is 12.1 Å². The third-order valence-electron chi connectivity index (χ3n) is 4.60.